The number of hydrogen-bond acceptors (Lipinski definition) is 7. The third kappa shape index (κ3) is 5.92. The summed E-state index contributed by atoms with van der Waals surface area (Å²) in [5.74, 6) is 0.487. The molecule has 1 aromatic heterocycles. The molecule has 1 unspecified atom stereocenters. The highest BCUT2D eigenvalue weighted by molar-refractivity contribution is 5.97. The summed E-state index contributed by atoms with van der Waals surface area (Å²) < 4.78 is 18.3. The topological polar surface area (TPSA) is 105 Å². The van der Waals surface area contributed by atoms with Crippen LogP contribution in [0.2, 0.25) is 0 Å². The van der Waals surface area contributed by atoms with E-state index in [-0.39, 0.29) is 29.7 Å². The van der Waals surface area contributed by atoms with E-state index < -0.39 is 0 Å². The summed E-state index contributed by atoms with van der Waals surface area (Å²) in [6.45, 7) is 12.5. The smallest absolute Gasteiger partial charge is 0.253 e. The van der Waals surface area contributed by atoms with Crippen molar-refractivity contribution in [1.82, 2.24) is 15.6 Å². The maximum Gasteiger partial charge on any atom is 0.253 e. The number of nitrogens with one attached hydrogen (secondary N) is 3. The minimum absolute atomic E-state index is 0.117. The number of nitrogens with zero attached hydrogens (tertiary/aromatic N) is 1. The zero-order valence-electron chi connectivity index (χ0n) is 24.4. The van der Waals surface area contributed by atoms with Crippen LogP contribution in [-0.4, -0.2) is 68.1 Å². The molecule has 9 nitrogen and oxygen atoms in total. The van der Waals surface area contributed by atoms with Crippen LogP contribution < -0.4 is 25.8 Å². The van der Waals surface area contributed by atoms with Crippen molar-refractivity contribution in [1.29, 1.82) is 0 Å². The molecule has 1 aromatic carbocycles. The largest absolute Gasteiger partial charge is 0.485 e. The molecule has 0 bridgehead atoms. The Morgan fingerprint density at radius 1 is 1.12 bits per heavy atom. The predicted octanol–water partition coefficient (Wildman–Crippen LogP) is 3.53. The highest BCUT2D eigenvalue weighted by Gasteiger charge is 2.47. The van der Waals surface area contributed by atoms with Crippen molar-refractivity contribution in [2.75, 3.05) is 44.4 Å². The minimum Gasteiger partial charge on any atom is -0.485 e. The second-order valence-corrected chi connectivity index (χ2v) is 11.5. The van der Waals surface area contributed by atoms with E-state index in [0.29, 0.717) is 36.1 Å². The number of aryl methyl sites for hydroxylation is 2. The van der Waals surface area contributed by atoms with Crippen molar-refractivity contribution < 1.29 is 19.0 Å². The number of morpholine rings is 1. The van der Waals surface area contributed by atoms with Crippen molar-refractivity contribution in [3.8, 4) is 5.75 Å². The lowest BCUT2D eigenvalue weighted by Gasteiger charge is -2.49. The van der Waals surface area contributed by atoms with E-state index >= 15 is 0 Å². The first-order valence-electron chi connectivity index (χ1n) is 14.8. The van der Waals surface area contributed by atoms with Gasteiger partial charge in [0.05, 0.1) is 19.3 Å². The molecule has 1 amide bonds. The normalized spacial score (nSPS) is 20.9. The van der Waals surface area contributed by atoms with Gasteiger partial charge in [0.2, 0.25) is 0 Å². The van der Waals surface area contributed by atoms with Gasteiger partial charge in [-0.15, -0.1) is 0 Å². The predicted molar refractivity (Wildman–Crippen MR) is 156 cm³/mol. The van der Waals surface area contributed by atoms with Crippen molar-refractivity contribution >= 4 is 11.6 Å². The Morgan fingerprint density at radius 2 is 1.90 bits per heavy atom. The molecular weight excluding hydrogens is 508 g/mol. The molecule has 2 aromatic rings. The van der Waals surface area contributed by atoms with E-state index in [4.69, 9.17) is 14.2 Å². The molecule has 5 rings (SSSR count). The molecule has 3 heterocycles. The molecule has 3 aliphatic rings. The molecule has 9 heteroatoms. The number of pyridine rings is 1. The highest BCUT2D eigenvalue weighted by Crippen LogP contribution is 2.42. The number of hydrogen-bond donors (Lipinski definition) is 3. The van der Waals surface area contributed by atoms with Gasteiger partial charge in [-0.05, 0) is 83.1 Å². The Labute approximate surface area is 237 Å². The van der Waals surface area contributed by atoms with Gasteiger partial charge >= 0.3 is 0 Å². The first-order valence-corrected chi connectivity index (χ1v) is 14.8. The van der Waals surface area contributed by atoms with Gasteiger partial charge < -0.3 is 34.7 Å². The van der Waals surface area contributed by atoms with Gasteiger partial charge in [0.25, 0.3) is 11.5 Å². The van der Waals surface area contributed by atoms with E-state index in [1.807, 2.05) is 32.9 Å². The van der Waals surface area contributed by atoms with Gasteiger partial charge in [-0.25, -0.2) is 0 Å². The van der Waals surface area contributed by atoms with Crippen LogP contribution in [0.1, 0.15) is 71.8 Å². The van der Waals surface area contributed by atoms with Gasteiger partial charge in [0.1, 0.15) is 11.4 Å². The van der Waals surface area contributed by atoms with Crippen LogP contribution in [0.4, 0.5) is 5.69 Å². The lowest BCUT2D eigenvalue weighted by atomic mass is 9.74. The van der Waals surface area contributed by atoms with Crippen molar-refractivity contribution in [2.45, 2.75) is 84.0 Å². The van der Waals surface area contributed by atoms with Gasteiger partial charge in [0, 0.05) is 67.5 Å². The lowest BCUT2D eigenvalue weighted by molar-refractivity contribution is -0.0799. The van der Waals surface area contributed by atoms with E-state index in [1.54, 1.807) is 0 Å². The Bertz CT molecular complexity index is 1260. The summed E-state index contributed by atoms with van der Waals surface area (Å²) in [5, 5.41) is 6.61. The quantitative estimate of drug-likeness (QED) is 0.437. The van der Waals surface area contributed by atoms with E-state index in [9.17, 15) is 9.59 Å². The Hall–Kier alpha value is -2.88. The fourth-order valence-electron chi connectivity index (χ4n) is 6.44. The van der Waals surface area contributed by atoms with Crippen LogP contribution in [0, 0.1) is 20.8 Å². The lowest BCUT2D eigenvalue weighted by Crippen LogP contribution is -2.63. The third-order valence-corrected chi connectivity index (χ3v) is 8.88. The SMILES string of the molecule is CCN(c1cc(OC2(C3COCCN3)CCC2)cc(C(=O)NCc2c(C)cc(C)[nH]c2=O)c1C)C1CCOCC1. The molecule has 1 saturated carbocycles. The van der Waals surface area contributed by atoms with Crippen LogP contribution in [0.25, 0.3) is 0 Å². The summed E-state index contributed by atoms with van der Waals surface area (Å²) in [7, 11) is 0. The van der Waals surface area contributed by atoms with Crippen molar-refractivity contribution in [3.05, 3.63) is 56.5 Å². The van der Waals surface area contributed by atoms with E-state index in [2.05, 4.69) is 33.5 Å². The number of rotatable bonds is 9. The number of benzene rings is 1. The zero-order valence-corrected chi connectivity index (χ0v) is 24.4. The standard InChI is InChI=1S/C31H44N4O5/c1-5-35(23-7-12-38-13-8-23)27-17-24(40-31(9-6-10-31)28-19-39-14-11-32-28)16-25(22(27)4)29(36)33-18-26-20(2)15-21(3)34-30(26)37/h15-17,23,28,32H,5-14,18-19H2,1-4H3,(H,33,36)(H,34,37). The van der Waals surface area contributed by atoms with Gasteiger partial charge in [0.15, 0.2) is 0 Å². The highest BCUT2D eigenvalue weighted by atomic mass is 16.5. The fraction of sp³-hybridized carbons (Fsp3) is 0.613. The summed E-state index contributed by atoms with van der Waals surface area (Å²) in [6.07, 6.45) is 4.90. The molecule has 2 aliphatic heterocycles. The summed E-state index contributed by atoms with van der Waals surface area (Å²) in [5.41, 5.74) is 4.22. The number of ether oxygens (including phenoxy) is 3. The van der Waals surface area contributed by atoms with Gasteiger partial charge in [-0.3, -0.25) is 9.59 Å². The number of amides is 1. The minimum atomic E-state index is -0.345. The first-order chi connectivity index (χ1) is 19.3. The number of anilines is 1. The fourth-order valence-corrected chi connectivity index (χ4v) is 6.44. The number of carbonyl (C=O) groups excluding carboxylic acids is 1. The van der Waals surface area contributed by atoms with Crippen LogP contribution in [-0.2, 0) is 16.0 Å². The molecule has 218 valence electrons. The second kappa shape index (κ2) is 12.3. The number of aromatic amines is 1. The summed E-state index contributed by atoms with van der Waals surface area (Å²) in [6, 6.07) is 6.37. The van der Waals surface area contributed by atoms with Crippen LogP contribution >= 0.6 is 0 Å². The first kappa shape index (κ1) is 28.6. The maximum atomic E-state index is 13.7. The Kier molecular flexibility index (Phi) is 8.83. The van der Waals surface area contributed by atoms with Gasteiger partial charge in [-0.1, -0.05) is 0 Å². The van der Waals surface area contributed by atoms with Gasteiger partial charge in [-0.2, -0.15) is 0 Å². The number of carbonyl (C=O) groups is 1. The molecule has 0 radical (unpaired) electrons. The Morgan fingerprint density at radius 3 is 2.52 bits per heavy atom. The van der Waals surface area contributed by atoms with Crippen LogP contribution in [0.3, 0.4) is 0 Å². The van der Waals surface area contributed by atoms with E-state index in [1.165, 1.54) is 0 Å². The molecule has 3 fully saturated rings. The molecule has 40 heavy (non-hydrogen) atoms. The average Bonchev–Trinajstić information content (AvgIpc) is 2.93. The van der Waals surface area contributed by atoms with Crippen molar-refractivity contribution in [3.63, 3.8) is 0 Å². The second-order valence-electron chi connectivity index (χ2n) is 11.5. The molecule has 3 N–H and O–H groups in total. The van der Waals surface area contributed by atoms with Crippen LogP contribution in [0.15, 0.2) is 23.0 Å². The molecule has 1 atom stereocenters. The summed E-state index contributed by atoms with van der Waals surface area (Å²) in [4.78, 5) is 31.5. The molecule has 0 spiro atoms. The maximum absolute atomic E-state index is 13.7. The molecular formula is C31H44N4O5. The number of H-pyrrole nitrogens is 1. The molecule has 1 aliphatic carbocycles. The third-order valence-electron chi connectivity index (χ3n) is 8.88. The average molecular weight is 553 g/mol. The zero-order chi connectivity index (χ0) is 28.3. The molecule has 2 saturated heterocycles. The van der Waals surface area contributed by atoms with E-state index in [0.717, 1.165) is 80.9 Å². The Balaban J connectivity index is 1.47. The summed E-state index contributed by atoms with van der Waals surface area (Å²) >= 11 is 0. The monoisotopic (exact) mass is 552 g/mol. The number of aromatic nitrogens is 1. The van der Waals surface area contributed by atoms with Crippen molar-refractivity contribution in [2.24, 2.45) is 0 Å². The van der Waals surface area contributed by atoms with Crippen LogP contribution in [0.5, 0.6) is 5.75 Å².